The number of anilines is 1. The van der Waals surface area contributed by atoms with Crippen molar-refractivity contribution in [3.8, 4) is 6.07 Å². The number of ether oxygens (including phenoxy) is 1. The highest BCUT2D eigenvalue weighted by molar-refractivity contribution is 6.34. The van der Waals surface area contributed by atoms with E-state index in [0.717, 1.165) is 0 Å². The van der Waals surface area contributed by atoms with Gasteiger partial charge in [0.05, 0.1) is 22.3 Å². The third-order valence-electron chi connectivity index (χ3n) is 2.66. The molecule has 22 heavy (non-hydrogen) atoms. The topological polar surface area (TPSA) is 79.2 Å². The Morgan fingerprint density at radius 1 is 1.36 bits per heavy atom. The molecule has 0 saturated heterocycles. The van der Waals surface area contributed by atoms with Crippen molar-refractivity contribution >= 4 is 29.2 Å². The molecule has 1 N–H and O–H groups in total. The van der Waals surface area contributed by atoms with Gasteiger partial charge in [-0.2, -0.15) is 5.26 Å². The third kappa shape index (κ3) is 5.74. The van der Waals surface area contributed by atoms with Gasteiger partial charge in [0, 0.05) is 6.42 Å². The van der Waals surface area contributed by atoms with Crippen molar-refractivity contribution in [2.75, 3.05) is 5.32 Å². The van der Waals surface area contributed by atoms with Gasteiger partial charge in [-0.25, -0.2) is 4.79 Å². The molecule has 6 heteroatoms. The van der Waals surface area contributed by atoms with Crippen molar-refractivity contribution in [3.05, 3.63) is 28.3 Å². The number of nitrogens with zero attached hydrogens (tertiary/aromatic N) is 1. The summed E-state index contributed by atoms with van der Waals surface area (Å²) in [5.41, 5.74) is 0.658. The molecule has 0 bridgehead atoms. The molecular formula is C16H19ClN2O3. The molecule has 0 saturated carbocycles. The molecule has 0 atom stereocenters. The summed E-state index contributed by atoms with van der Waals surface area (Å²) in [6, 6.07) is 5.10. The van der Waals surface area contributed by atoms with Crippen LogP contribution in [0.1, 0.15) is 45.2 Å². The number of amides is 1. The summed E-state index contributed by atoms with van der Waals surface area (Å²) < 4.78 is 5.16. The van der Waals surface area contributed by atoms with Crippen LogP contribution in [0.3, 0.4) is 0 Å². The van der Waals surface area contributed by atoms with Crippen LogP contribution in [0.4, 0.5) is 10.5 Å². The molecule has 118 valence electrons. The highest BCUT2D eigenvalue weighted by Gasteiger charge is 2.18. The lowest BCUT2D eigenvalue weighted by Gasteiger charge is -2.20. The van der Waals surface area contributed by atoms with Gasteiger partial charge in [-0.15, -0.1) is 0 Å². The fraction of sp³-hybridized carbons (Fsp3) is 0.438. The summed E-state index contributed by atoms with van der Waals surface area (Å²) >= 11 is 6.25. The second kappa shape index (κ2) is 7.28. The summed E-state index contributed by atoms with van der Waals surface area (Å²) in [5.74, 6) is 0.0279. The Kier molecular flexibility index (Phi) is 5.95. The standard InChI is InChI=1S/C16H19ClN2O3/c1-10(20)5-6-12-7-11(9-18)8-13(14(12)17)19-15(21)22-16(2,3)4/h7-8H,5-6H2,1-4H3,(H,19,21). The Morgan fingerprint density at radius 3 is 2.50 bits per heavy atom. The van der Waals surface area contributed by atoms with Crippen molar-refractivity contribution in [3.63, 3.8) is 0 Å². The molecule has 0 spiro atoms. The van der Waals surface area contributed by atoms with Crippen LogP contribution in [0, 0.1) is 11.3 Å². The fourth-order valence-electron chi connectivity index (χ4n) is 1.75. The predicted octanol–water partition coefficient (Wildman–Crippen LogP) is 4.08. The maximum Gasteiger partial charge on any atom is 0.412 e. The highest BCUT2D eigenvalue weighted by Crippen LogP contribution is 2.29. The van der Waals surface area contributed by atoms with E-state index in [9.17, 15) is 9.59 Å². The van der Waals surface area contributed by atoms with E-state index in [1.54, 1.807) is 26.8 Å². The van der Waals surface area contributed by atoms with Gasteiger partial charge in [-0.05, 0) is 51.8 Å². The molecule has 1 aromatic carbocycles. The van der Waals surface area contributed by atoms with E-state index in [0.29, 0.717) is 34.7 Å². The molecule has 0 radical (unpaired) electrons. The Labute approximate surface area is 135 Å². The smallest absolute Gasteiger partial charge is 0.412 e. The van der Waals surface area contributed by atoms with Crippen LogP contribution in [-0.2, 0) is 16.0 Å². The van der Waals surface area contributed by atoms with Crippen LogP contribution in [-0.4, -0.2) is 17.5 Å². The van der Waals surface area contributed by atoms with E-state index in [-0.39, 0.29) is 5.78 Å². The molecule has 1 amide bonds. The van der Waals surface area contributed by atoms with Gasteiger partial charge in [0.1, 0.15) is 11.4 Å². The first kappa shape index (κ1) is 18.0. The zero-order valence-electron chi connectivity index (χ0n) is 13.1. The molecule has 5 nitrogen and oxygen atoms in total. The van der Waals surface area contributed by atoms with Crippen LogP contribution in [0.5, 0.6) is 0 Å². The summed E-state index contributed by atoms with van der Waals surface area (Å²) in [5, 5.41) is 11.9. The lowest BCUT2D eigenvalue weighted by atomic mass is 10.0. The predicted molar refractivity (Wildman–Crippen MR) is 85.0 cm³/mol. The first-order valence-electron chi connectivity index (χ1n) is 6.84. The number of carbonyl (C=O) groups is 2. The minimum absolute atomic E-state index is 0.0279. The van der Waals surface area contributed by atoms with Gasteiger partial charge in [-0.1, -0.05) is 11.6 Å². The zero-order chi connectivity index (χ0) is 16.9. The molecule has 0 aromatic heterocycles. The second-order valence-electron chi connectivity index (χ2n) is 5.94. The first-order valence-corrected chi connectivity index (χ1v) is 7.22. The number of aryl methyl sites for hydroxylation is 1. The Bertz CT molecular complexity index is 628. The third-order valence-corrected chi connectivity index (χ3v) is 3.11. The number of Topliss-reactive ketones (excluding diaryl/α,β-unsaturated/α-hetero) is 1. The minimum atomic E-state index is -0.651. The average Bonchev–Trinajstić information content (AvgIpc) is 2.37. The lowest BCUT2D eigenvalue weighted by Crippen LogP contribution is -2.27. The summed E-state index contributed by atoms with van der Waals surface area (Å²) in [6.07, 6.45) is 0.0784. The Morgan fingerprint density at radius 2 is 2.00 bits per heavy atom. The molecule has 0 aliphatic heterocycles. The van der Waals surface area contributed by atoms with E-state index in [1.165, 1.54) is 13.0 Å². The van der Waals surface area contributed by atoms with E-state index < -0.39 is 11.7 Å². The normalized spacial score (nSPS) is 10.7. The van der Waals surface area contributed by atoms with Crippen LogP contribution in [0.2, 0.25) is 5.02 Å². The van der Waals surface area contributed by atoms with Crippen molar-refractivity contribution < 1.29 is 14.3 Å². The van der Waals surface area contributed by atoms with Crippen LogP contribution >= 0.6 is 11.6 Å². The average molecular weight is 323 g/mol. The first-order chi connectivity index (χ1) is 10.1. The quantitative estimate of drug-likeness (QED) is 0.905. The number of nitriles is 1. The number of benzene rings is 1. The van der Waals surface area contributed by atoms with Gasteiger partial charge >= 0.3 is 6.09 Å². The highest BCUT2D eigenvalue weighted by atomic mass is 35.5. The number of ketones is 1. The Hall–Kier alpha value is -2.06. The van der Waals surface area contributed by atoms with E-state index in [2.05, 4.69) is 5.32 Å². The van der Waals surface area contributed by atoms with Gasteiger partial charge in [0.2, 0.25) is 0 Å². The molecule has 0 aliphatic rings. The lowest BCUT2D eigenvalue weighted by molar-refractivity contribution is -0.116. The number of carbonyl (C=O) groups excluding carboxylic acids is 2. The van der Waals surface area contributed by atoms with Gasteiger partial charge in [0.15, 0.2) is 0 Å². The summed E-state index contributed by atoms with van der Waals surface area (Å²) in [4.78, 5) is 22.9. The van der Waals surface area contributed by atoms with Crippen LogP contribution < -0.4 is 5.32 Å². The molecule has 1 aromatic rings. The molecule has 0 fully saturated rings. The Balaban J connectivity index is 3.03. The summed E-state index contributed by atoms with van der Waals surface area (Å²) in [7, 11) is 0. The van der Waals surface area contributed by atoms with Crippen molar-refractivity contribution in [2.45, 2.75) is 46.1 Å². The molecular weight excluding hydrogens is 304 g/mol. The van der Waals surface area contributed by atoms with Gasteiger partial charge in [-0.3, -0.25) is 5.32 Å². The van der Waals surface area contributed by atoms with Gasteiger partial charge < -0.3 is 9.53 Å². The van der Waals surface area contributed by atoms with Crippen LogP contribution in [0.15, 0.2) is 12.1 Å². The SMILES string of the molecule is CC(=O)CCc1cc(C#N)cc(NC(=O)OC(C)(C)C)c1Cl. The van der Waals surface area contributed by atoms with Gasteiger partial charge in [0.25, 0.3) is 0 Å². The maximum absolute atomic E-state index is 11.8. The van der Waals surface area contributed by atoms with Crippen molar-refractivity contribution in [1.29, 1.82) is 5.26 Å². The minimum Gasteiger partial charge on any atom is -0.444 e. The molecule has 1 rings (SSSR count). The monoisotopic (exact) mass is 322 g/mol. The number of rotatable bonds is 4. The van der Waals surface area contributed by atoms with E-state index >= 15 is 0 Å². The molecule has 0 heterocycles. The molecule has 0 unspecified atom stereocenters. The maximum atomic E-state index is 11.8. The van der Waals surface area contributed by atoms with Crippen LogP contribution in [0.25, 0.3) is 0 Å². The van der Waals surface area contributed by atoms with E-state index in [1.807, 2.05) is 6.07 Å². The van der Waals surface area contributed by atoms with E-state index in [4.69, 9.17) is 21.6 Å². The van der Waals surface area contributed by atoms with Crippen molar-refractivity contribution in [2.24, 2.45) is 0 Å². The number of hydrogen-bond donors (Lipinski definition) is 1. The fourth-order valence-corrected chi connectivity index (χ4v) is 2.00. The second-order valence-corrected chi connectivity index (χ2v) is 6.32. The molecule has 0 aliphatic carbocycles. The van der Waals surface area contributed by atoms with Crippen molar-refractivity contribution in [1.82, 2.24) is 0 Å². The largest absolute Gasteiger partial charge is 0.444 e. The number of halogens is 1. The number of nitrogens with one attached hydrogen (secondary N) is 1. The zero-order valence-corrected chi connectivity index (χ0v) is 13.9. The number of hydrogen-bond acceptors (Lipinski definition) is 4. The summed E-state index contributed by atoms with van der Waals surface area (Å²) in [6.45, 7) is 6.73.